The third kappa shape index (κ3) is 0.956. The number of nitrogens with zero attached hydrogens (tertiary/aromatic N) is 1. The number of hydrogen-bond donors (Lipinski definition) is 1. The van der Waals surface area contributed by atoms with Gasteiger partial charge in [-0.1, -0.05) is 11.6 Å². The van der Waals surface area contributed by atoms with Crippen LogP contribution in [0.15, 0.2) is 24.4 Å². The number of benzene rings is 1. The summed E-state index contributed by atoms with van der Waals surface area (Å²) in [5, 5.41) is 10.2. The van der Waals surface area contributed by atoms with Crippen LogP contribution in [0.2, 0.25) is 5.02 Å². The van der Waals surface area contributed by atoms with E-state index >= 15 is 0 Å². The molecule has 0 saturated heterocycles. The second-order valence-corrected chi connectivity index (χ2v) is 2.94. The lowest BCUT2D eigenvalue weighted by atomic mass is 10.2. The second kappa shape index (κ2) is 2.54. The Labute approximate surface area is 74.4 Å². The smallest absolute Gasteiger partial charge is 0.101 e. The minimum absolute atomic E-state index is 0.632. The van der Waals surface area contributed by atoms with Crippen LogP contribution in [0.25, 0.3) is 10.9 Å². The Bertz CT molecular complexity index is 465. The molecule has 0 aliphatic rings. The highest BCUT2D eigenvalue weighted by Gasteiger charge is 2.01. The average molecular weight is 177 g/mol. The van der Waals surface area contributed by atoms with Gasteiger partial charge in [0.15, 0.2) is 0 Å². The minimum atomic E-state index is 0.632. The van der Waals surface area contributed by atoms with Gasteiger partial charge in [0.25, 0.3) is 0 Å². The van der Waals surface area contributed by atoms with Gasteiger partial charge < -0.3 is 4.98 Å². The number of aromatic nitrogens is 1. The maximum Gasteiger partial charge on any atom is 0.101 e. The Morgan fingerprint density at radius 2 is 2.25 bits per heavy atom. The van der Waals surface area contributed by atoms with Crippen molar-refractivity contribution >= 4 is 22.5 Å². The third-order valence-corrected chi connectivity index (χ3v) is 2.00. The zero-order chi connectivity index (χ0) is 8.55. The Kier molecular flexibility index (Phi) is 1.53. The van der Waals surface area contributed by atoms with Gasteiger partial charge in [0, 0.05) is 22.1 Å². The van der Waals surface area contributed by atoms with Gasteiger partial charge in [0.1, 0.15) is 6.07 Å². The van der Waals surface area contributed by atoms with Gasteiger partial charge >= 0.3 is 0 Å². The first-order valence-corrected chi connectivity index (χ1v) is 3.86. The first-order chi connectivity index (χ1) is 5.81. The fourth-order valence-electron chi connectivity index (χ4n) is 1.19. The molecule has 3 heteroatoms. The van der Waals surface area contributed by atoms with Crippen LogP contribution in [-0.4, -0.2) is 4.98 Å². The van der Waals surface area contributed by atoms with E-state index in [2.05, 4.69) is 11.1 Å². The predicted octanol–water partition coefficient (Wildman–Crippen LogP) is 2.69. The molecule has 0 spiro atoms. The molecular weight excluding hydrogens is 172 g/mol. The SMILES string of the molecule is N#Cc1c[nH]c2ccc(Cl)cc12. The highest BCUT2D eigenvalue weighted by atomic mass is 35.5. The lowest BCUT2D eigenvalue weighted by Crippen LogP contribution is -1.69. The molecule has 2 aromatic rings. The molecule has 12 heavy (non-hydrogen) atoms. The maximum absolute atomic E-state index is 8.70. The second-order valence-electron chi connectivity index (χ2n) is 2.50. The minimum Gasteiger partial charge on any atom is -0.360 e. The molecule has 0 bridgehead atoms. The molecule has 58 valence electrons. The normalized spacial score (nSPS) is 10.0. The number of fused-ring (bicyclic) bond motifs is 1. The number of halogens is 1. The van der Waals surface area contributed by atoms with Crippen LogP contribution in [-0.2, 0) is 0 Å². The predicted molar refractivity (Wildman–Crippen MR) is 48.0 cm³/mol. The summed E-state index contributed by atoms with van der Waals surface area (Å²) in [6.45, 7) is 0. The molecule has 1 N–H and O–H groups in total. The molecule has 1 heterocycles. The van der Waals surface area contributed by atoms with E-state index in [9.17, 15) is 0 Å². The third-order valence-electron chi connectivity index (χ3n) is 1.76. The summed E-state index contributed by atoms with van der Waals surface area (Å²) in [6.07, 6.45) is 1.68. The van der Waals surface area contributed by atoms with Crippen molar-refractivity contribution in [2.45, 2.75) is 0 Å². The van der Waals surface area contributed by atoms with Crippen LogP contribution in [0.3, 0.4) is 0 Å². The number of H-pyrrole nitrogens is 1. The zero-order valence-corrected chi connectivity index (χ0v) is 6.89. The summed E-state index contributed by atoms with van der Waals surface area (Å²) in [7, 11) is 0. The van der Waals surface area contributed by atoms with Gasteiger partial charge in [-0.05, 0) is 18.2 Å². The van der Waals surface area contributed by atoms with E-state index in [1.165, 1.54) is 0 Å². The summed E-state index contributed by atoms with van der Waals surface area (Å²) >= 11 is 5.78. The molecule has 1 aromatic heterocycles. The standard InChI is InChI=1S/C9H5ClN2/c10-7-1-2-9-8(3-7)6(4-11)5-12-9/h1-3,5,12H. The molecular formula is C9H5ClN2. The van der Waals surface area contributed by atoms with Crippen molar-refractivity contribution in [3.05, 3.63) is 35.0 Å². The van der Waals surface area contributed by atoms with Gasteiger partial charge in [-0.2, -0.15) is 5.26 Å². The fraction of sp³-hybridized carbons (Fsp3) is 0. The molecule has 0 aliphatic heterocycles. The van der Waals surface area contributed by atoms with Crippen molar-refractivity contribution in [2.75, 3.05) is 0 Å². The number of aromatic amines is 1. The molecule has 1 aromatic carbocycles. The van der Waals surface area contributed by atoms with E-state index in [1.54, 1.807) is 18.3 Å². The molecule has 0 atom stereocenters. The van der Waals surface area contributed by atoms with E-state index in [0.717, 1.165) is 10.9 Å². The van der Waals surface area contributed by atoms with Crippen molar-refractivity contribution in [1.82, 2.24) is 4.98 Å². The Morgan fingerprint density at radius 3 is 3.00 bits per heavy atom. The maximum atomic E-state index is 8.70. The van der Waals surface area contributed by atoms with Crippen molar-refractivity contribution in [1.29, 1.82) is 5.26 Å². The van der Waals surface area contributed by atoms with E-state index in [1.807, 2.05) is 6.07 Å². The molecule has 0 unspecified atom stereocenters. The summed E-state index contributed by atoms with van der Waals surface area (Å²) in [5.74, 6) is 0. The van der Waals surface area contributed by atoms with Gasteiger partial charge in [-0.3, -0.25) is 0 Å². The van der Waals surface area contributed by atoms with Crippen LogP contribution in [0.4, 0.5) is 0 Å². The number of nitriles is 1. The summed E-state index contributed by atoms with van der Waals surface area (Å²) in [4.78, 5) is 2.99. The highest BCUT2D eigenvalue weighted by molar-refractivity contribution is 6.31. The van der Waals surface area contributed by atoms with Gasteiger partial charge in [-0.15, -0.1) is 0 Å². The van der Waals surface area contributed by atoms with Gasteiger partial charge in [0.2, 0.25) is 0 Å². The van der Waals surface area contributed by atoms with Crippen LogP contribution < -0.4 is 0 Å². The largest absolute Gasteiger partial charge is 0.360 e. The first kappa shape index (κ1) is 7.20. The van der Waals surface area contributed by atoms with E-state index < -0.39 is 0 Å². The summed E-state index contributed by atoms with van der Waals surface area (Å²) in [6, 6.07) is 7.52. The summed E-state index contributed by atoms with van der Waals surface area (Å²) < 4.78 is 0. The van der Waals surface area contributed by atoms with Crippen molar-refractivity contribution < 1.29 is 0 Å². The van der Waals surface area contributed by atoms with Crippen molar-refractivity contribution in [2.24, 2.45) is 0 Å². The Balaban J connectivity index is 2.86. The Hall–Kier alpha value is -1.46. The van der Waals surface area contributed by atoms with E-state index in [-0.39, 0.29) is 0 Å². The highest BCUT2D eigenvalue weighted by Crippen LogP contribution is 2.21. The number of rotatable bonds is 0. The zero-order valence-electron chi connectivity index (χ0n) is 6.13. The van der Waals surface area contributed by atoms with E-state index in [4.69, 9.17) is 16.9 Å². The molecule has 2 rings (SSSR count). The molecule has 0 aliphatic carbocycles. The van der Waals surface area contributed by atoms with Crippen molar-refractivity contribution in [3.8, 4) is 6.07 Å². The van der Waals surface area contributed by atoms with Crippen LogP contribution in [0, 0.1) is 11.3 Å². The molecule has 0 amide bonds. The number of hydrogen-bond acceptors (Lipinski definition) is 1. The molecule has 2 nitrogen and oxygen atoms in total. The average Bonchev–Trinajstić information content (AvgIpc) is 2.46. The van der Waals surface area contributed by atoms with Gasteiger partial charge in [-0.25, -0.2) is 0 Å². The lowest BCUT2D eigenvalue weighted by Gasteiger charge is -1.90. The topological polar surface area (TPSA) is 39.6 Å². The first-order valence-electron chi connectivity index (χ1n) is 3.48. The lowest BCUT2D eigenvalue weighted by molar-refractivity contribution is 1.45. The van der Waals surface area contributed by atoms with Crippen LogP contribution in [0.5, 0.6) is 0 Å². The molecule has 0 fully saturated rings. The van der Waals surface area contributed by atoms with Crippen LogP contribution >= 0.6 is 11.6 Å². The van der Waals surface area contributed by atoms with E-state index in [0.29, 0.717) is 10.6 Å². The fourth-order valence-corrected chi connectivity index (χ4v) is 1.36. The van der Waals surface area contributed by atoms with Gasteiger partial charge in [0.05, 0.1) is 5.56 Å². The quantitative estimate of drug-likeness (QED) is 0.659. The van der Waals surface area contributed by atoms with Crippen molar-refractivity contribution in [3.63, 3.8) is 0 Å². The molecule has 0 saturated carbocycles. The number of nitrogens with one attached hydrogen (secondary N) is 1. The molecule has 0 radical (unpaired) electrons. The summed E-state index contributed by atoms with van der Waals surface area (Å²) in [5.41, 5.74) is 1.57. The monoisotopic (exact) mass is 176 g/mol. The Morgan fingerprint density at radius 1 is 1.42 bits per heavy atom. The van der Waals surface area contributed by atoms with Crippen LogP contribution in [0.1, 0.15) is 5.56 Å².